The van der Waals surface area contributed by atoms with Crippen molar-refractivity contribution in [3.63, 3.8) is 0 Å². The normalized spacial score (nSPS) is 14.5. The highest BCUT2D eigenvalue weighted by Gasteiger charge is 2.45. The summed E-state index contributed by atoms with van der Waals surface area (Å²) in [7, 11) is 0. The van der Waals surface area contributed by atoms with Crippen LogP contribution in [-0.4, -0.2) is 34.7 Å². The van der Waals surface area contributed by atoms with Gasteiger partial charge in [-0.3, -0.25) is 9.48 Å². The highest BCUT2D eigenvalue weighted by molar-refractivity contribution is 5.90. The van der Waals surface area contributed by atoms with Crippen molar-refractivity contribution in [2.45, 2.75) is 38.3 Å². The number of halogens is 1. The summed E-state index contributed by atoms with van der Waals surface area (Å²) in [6, 6.07) is 16.4. The van der Waals surface area contributed by atoms with Gasteiger partial charge in [0.15, 0.2) is 5.96 Å². The Hall–Kier alpha value is -3.68. The zero-order valence-corrected chi connectivity index (χ0v) is 18.7. The lowest BCUT2D eigenvalue weighted by atomic mass is 9.95. The number of benzene rings is 2. The van der Waals surface area contributed by atoms with Crippen LogP contribution in [0.2, 0.25) is 0 Å². The van der Waals surface area contributed by atoms with Crippen LogP contribution in [0, 0.1) is 5.82 Å². The van der Waals surface area contributed by atoms with Gasteiger partial charge in [-0.1, -0.05) is 30.3 Å². The summed E-state index contributed by atoms with van der Waals surface area (Å²) in [5.74, 6) is 0.399. The number of hydrogen-bond acceptors (Lipinski definition) is 3. The summed E-state index contributed by atoms with van der Waals surface area (Å²) in [6.45, 7) is 3.97. The molecule has 2 aromatic carbocycles. The molecule has 0 spiro atoms. The van der Waals surface area contributed by atoms with Gasteiger partial charge in [0.05, 0.1) is 6.54 Å². The Bertz CT molecular complexity index is 1110. The lowest BCUT2D eigenvalue weighted by Gasteiger charge is -2.19. The lowest BCUT2D eigenvalue weighted by molar-refractivity contribution is -0.116. The maximum Gasteiger partial charge on any atom is 0.246 e. The predicted octanol–water partition coefficient (Wildman–Crippen LogP) is 3.45. The molecule has 1 aliphatic rings. The first-order chi connectivity index (χ1) is 16.1. The Morgan fingerprint density at radius 2 is 2.00 bits per heavy atom. The molecule has 7 nitrogen and oxygen atoms in total. The predicted molar refractivity (Wildman–Crippen MR) is 127 cm³/mol. The number of carbonyl (C=O) groups is 1. The Labute approximate surface area is 193 Å². The molecule has 1 amide bonds. The molecule has 0 unspecified atom stereocenters. The van der Waals surface area contributed by atoms with Gasteiger partial charge in [0.25, 0.3) is 0 Å². The molecule has 1 saturated carbocycles. The van der Waals surface area contributed by atoms with E-state index >= 15 is 0 Å². The number of carbonyl (C=O) groups excluding carboxylic acids is 1. The Kier molecular flexibility index (Phi) is 7.02. The van der Waals surface area contributed by atoms with E-state index in [9.17, 15) is 9.18 Å². The second kappa shape index (κ2) is 10.3. The van der Waals surface area contributed by atoms with Crippen LogP contribution < -0.4 is 16.0 Å². The van der Waals surface area contributed by atoms with Crippen molar-refractivity contribution in [3.05, 3.63) is 83.9 Å². The van der Waals surface area contributed by atoms with Crippen LogP contribution in [0.25, 0.3) is 0 Å². The monoisotopic (exact) mass is 448 g/mol. The SMILES string of the molecule is CCNC(=NCc1cccc(NC(=O)Cn2cccn2)c1)NCC1(c2ccccc2F)CC1. The highest BCUT2D eigenvalue weighted by atomic mass is 19.1. The van der Waals surface area contributed by atoms with E-state index in [-0.39, 0.29) is 23.7 Å². The number of guanidine groups is 1. The van der Waals surface area contributed by atoms with Gasteiger partial charge in [-0.15, -0.1) is 0 Å². The minimum Gasteiger partial charge on any atom is -0.357 e. The van der Waals surface area contributed by atoms with Crippen molar-refractivity contribution in [2.24, 2.45) is 4.99 Å². The zero-order chi connectivity index (χ0) is 23.1. The second-order valence-electron chi connectivity index (χ2n) is 8.26. The van der Waals surface area contributed by atoms with Crippen LogP contribution in [0.4, 0.5) is 10.1 Å². The second-order valence-corrected chi connectivity index (χ2v) is 8.26. The first-order valence-corrected chi connectivity index (χ1v) is 11.2. The maximum absolute atomic E-state index is 14.3. The number of nitrogens with zero attached hydrogens (tertiary/aromatic N) is 3. The number of anilines is 1. The number of hydrogen-bond donors (Lipinski definition) is 3. The van der Waals surface area contributed by atoms with Crippen LogP contribution in [0.1, 0.15) is 30.9 Å². The standard InChI is InChI=1S/C25H29FN6O/c1-2-27-24(29-18-25(11-12-25)21-9-3-4-10-22(21)26)28-16-19-7-5-8-20(15-19)31-23(33)17-32-14-6-13-30-32/h3-10,13-15H,2,11-12,16-18H2,1H3,(H,31,33)(H2,27,28,29). The van der Waals surface area contributed by atoms with E-state index < -0.39 is 0 Å². The van der Waals surface area contributed by atoms with Gasteiger partial charge in [-0.25, -0.2) is 9.38 Å². The minimum absolute atomic E-state index is 0.141. The summed E-state index contributed by atoms with van der Waals surface area (Å²) in [6.07, 6.45) is 5.31. The van der Waals surface area contributed by atoms with E-state index in [4.69, 9.17) is 0 Å². The van der Waals surface area contributed by atoms with Crippen molar-refractivity contribution < 1.29 is 9.18 Å². The molecule has 33 heavy (non-hydrogen) atoms. The first kappa shape index (κ1) is 22.5. The van der Waals surface area contributed by atoms with Crippen LogP contribution in [0.3, 0.4) is 0 Å². The molecule has 1 aliphatic carbocycles. The molecule has 0 radical (unpaired) electrons. The zero-order valence-electron chi connectivity index (χ0n) is 18.7. The molecular weight excluding hydrogens is 419 g/mol. The smallest absolute Gasteiger partial charge is 0.246 e. The van der Waals surface area contributed by atoms with Crippen molar-refractivity contribution in [1.29, 1.82) is 0 Å². The van der Waals surface area contributed by atoms with Crippen LogP contribution in [0.5, 0.6) is 0 Å². The molecule has 0 saturated heterocycles. The lowest BCUT2D eigenvalue weighted by Crippen LogP contribution is -2.41. The van der Waals surface area contributed by atoms with E-state index in [0.29, 0.717) is 24.7 Å². The first-order valence-electron chi connectivity index (χ1n) is 11.2. The van der Waals surface area contributed by atoms with Crippen molar-refractivity contribution in [3.8, 4) is 0 Å². The average Bonchev–Trinajstić information content (AvgIpc) is 3.42. The molecule has 172 valence electrons. The molecular formula is C25H29FN6O. The van der Waals surface area contributed by atoms with Gasteiger partial charge in [-0.05, 0) is 55.2 Å². The van der Waals surface area contributed by atoms with E-state index in [1.54, 1.807) is 29.2 Å². The van der Waals surface area contributed by atoms with Crippen LogP contribution >= 0.6 is 0 Å². The third-order valence-electron chi connectivity index (χ3n) is 5.73. The summed E-state index contributed by atoms with van der Waals surface area (Å²) >= 11 is 0. The summed E-state index contributed by atoms with van der Waals surface area (Å²) < 4.78 is 15.9. The van der Waals surface area contributed by atoms with Gasteiger partial charge < -0.3 is 16.0 Å². The molecule has 1 heterocycles. The molecule has 0 bridgehead atoms. The Balaban J connectivity index is 1.36. The topological polar surface area (TPSA) is 83.3 Å². The molecule has 8 heteroatoms. The van der Waals surface area contributed by atoms with Gasteiger partial charge >= 0.3 is 0 Å². The number of nitrogens with one attached hydrogen (secondary N) is 3. The molecule has 4 rings (SSSR count). The molecule has 3 aromatic rings. The fraction of sp³-hybridized carbons (Fsp3) is 0.320. The largest absolute Gasteiger partial charge is 0.357 e. The fourth-order valence-electron chi connectivity index (χ4n) is 3.84. The summed E-state index contributed by atoms with van der Waals surface area (Å²) in [5.41, 5.74) is 2.29. The maximum atomic E-state index is 14.3. The molecule has 1 aromatic heterocycles. The average molecular weight is 449 g/mol. The molecule has 1 fully saturated rings. The van der Waals surface area contributed by atoms with Crippen molar-refractivity contribution >= 4 is 17.6 Å². The van der Waals surface area contributed by atoms with E-state index in [1.807, 2.05) is 43.3 Å². The molecule has 0 aliphatic heterocycles. The van der Waals surface area contributed by atoms with Gasteiger partial charge in [-0.2, -0.15) is 5.10 Å². The Morgan fingerprint density at radius 3 is 2.73 bits per heavy atom. The van der Waals surface area contributed by atoms with Gasteiger partial charge in [0.2, 0.25) is 5.91 Å². The Morgan fingerprint density at radius 1 is 1.15 bits per heavy atom. The minimum atomic E-state index is -0.166. The van der Waals surface area contributed by atoms with E-state index in [1.165, 1.54) is 6.07 Å². The molecule has 0 atom stereocenters. The third kappa shape index (κ3) is 5.97. The summed E-state index contributed by atoms with van der Waals surface area (Å²) in [4.78, 5) is 16.9. The fourth-order valence-corrected chi connectivity index (χ4v) is 3.84. The summed E-state index contributed by atoms with van der Waals surface area (Å²) in [5, 5.41) is 13.6. The highest BCUT2D eigenvalue weighted by Crippen LogP contribution is 2.48. The van der Waals surface area contributed by atoms with Crippen molar-refractivity contribution in [1.82, 2.24) is 20.4 Å². The number of aromatic nitrogens is 2. The van der Waals surface area contributed by atoms with Crippen LogP contribution in [0.15, 0.2) is 72.0 Å². The van der Waals surface area contributed by atoms with Crippen LogP contribution in [-0.2, 0) is 23.3 Å². The number of aliphatic imine (C=N–C) groups is 1. The van der Waals surface area contributed by atoms with Gasteiger partial charge in [0.1, 0.15) is 12.4 Å². The molecule has 3 N–H and O–H groups in total. The van der Waals surface area contributed by atoms with E-state index in [0.717, 1.165) is 30.5 Å². The van der Waals surface area contributed by atoms with Gasteiger partial charge in [0, 0.05) is 36.6 Å². The van der Waals surface area contributed by atoms with E-state index in [2.05, 4.69) is 26.0 Å². The number of rotatable bonds is 9. The third-order valence-corrected chi connectivity index (χ3v) is 5.73. The quantitative estimate of drug-likeness (QED) is 0.346. The number of amides is 1. The van der Waals surface area contributed by atoms with Crippen molar-refractivity contribution in [2.75, 3.05) is 18.4 Å².